The summed E-state index contributed by atoms with van der Waals surface area (Å²) in [5.41, 5.74) is 0.281. The van der Waals surface area contributed by atoms with E-state index in [1.54, 1.807) is 38.1 Å². The molecule has 3 aromatic rings. The third kappa shape index (κ3) is 5.17. The monoisotopic (exact) mass is 445 g/mol. The van der Waals surface area contributed by atoms with E-state index in [-0.39, 0.29) is 16.1 Å². The van der Waals surface area contributed by atoms with E-state index in [1.165, 1.54) is 24.3 Å². The summed E-state index contributed by atoms with van der Waals surface area (Å²) in [5.74, 6) is 0. The quantitative estimate of drug-likeness (QED) is 0.407. The number of benzene rings is 3. The lowest BCUT2D eigenvalue weighted by Gasteiger charge is -2.30. The third-order valence-corrected chi connectivity index (χ3v) is 6.62. The molecule has 0 N–H and O–H groups in total. The minimum atomic E-state index is -4.55. The number of hydrogen-bond acceptors (Lipinski definition) is 2. The van der Waals surface area contributed by atoms with Crippen LogP contribution in [0.4, 0.5) is 18.9 Å². The van der Waals surface area contributed by atoms with Gasteiger partial charge < -0.3 is 0 Å². The molecule has 0 aliphatic rings. The summed E-state index contributed by atoms with van der Waals surface area (Å²) in [6.07, 6.45) is -1.38. The Labute approximate surface area is 180 Å². The summed E-state index contributed by atoms with van der Waals surface area (Å²) < 4.78 is 68.0. The first-order chi connectivity index (χ1) is 14.6. The van der Waals surface area contributed by atoms with Gasteiger partial charge in [0.25, 0.3) is 10.0 Å². The molecule has 0 heterocycles. The highest BCUT2D eigenvalue weighted by atomic mass is 32.2. The average Bonchev–Trinajstić information content (AvgIpc) is 2.73. The van der Waals surface area contributed by atoms with Crippen LogP contribution in [0.25, 0.3) is 12.2 Å². The zero-order valence-electron chi connectivity index (χ0n) is 17.0. The molecule has 0 unspecified atom stereocenters. The summed E-state index contributed by atoms with van der Waals surface area (Å²) in [4.78, 5) is 0.0709. The molecule has 0 saturated carbocycles. The number of nitrogens with zero attached hydrogens (tertiary/aromatic N) is 1. The Balaban J connectivity index is 2.18. The summed E-state index contributed by atoms with van der Waals surface area (Å²) in [7, 11) is -3.99. The maximum absolute atomic E-state index is 13.4. The lowest BCUT2D eigenvalue weighted by Crippen LogP contribution is -2.37. The van der Waals surface area contributed by atoms with Gasteiger partial charge in [-0.25, -0.2) is 8.42 Å². The van der Waals surface area contributed by atoms with Gasteiger partial charge in [-0.2, -0.15) is 13.2 Å². The number of sulfonamides is 1. The lowest BCUT2D eigenvalue weighted by molar-refractivity contribution is -0.137. The van der Waals surface area contributed by atoms with Crippen LogP contribution in [0.5, 0.6) is 0 Å². The Kier molecular flexibility index (Phi) is 6.55. The molecular weight excluding hydrogens is 423 g/mol. The van der Waals surface area contributed by atoms with Crippen LogP contribution in [0.2, 0.25) is 0 Å². The summed E-state index contributed by atoms with van der Waals surface area (Å²) in [5, 5.41) is 0. The Morgan fingerprint density at radius 1 is 0.839 bits per heavy atom. The van der Waals surface area contributed by atoms with Crippen LogP contribution < -0.4 is 4.31 Å². The molecule has 0 saturated heterocycles. The lowest BCUT2D eigenvalue weighted by atomic mass is 10.1. The highest BCUT2D eigenvalue weighted by Gasteiger charge is 2.33. The maximum Gasteiger partial charge on any atom is 0.416 e. The van der Waals surface area contributed by atoms with E-state index in [9.17, 15) is 21.6 Å². The van der Waals surface area contributed by atoms with Crippen molar-refractivity contribution in [1.29, 1.82) is 0 Å². The maximum atomic E-state index is 13.4. The Morgan fingerprint density at radius 2 is 1.42 bits per heavy atom. The fourth-order valence-electron chi connectivity index (χ4n) is 3.21. The largest absolute Gasteiger partial charge is 0.416 e. The molecule has 0 radical (unpaired) electrons. The zero-order valence-corrected chi connectivity index (χ0v) is 17.9. The fraction of sp³-hybridized carbons (Fsp3) is 0.167. The van der Waals surface area contributed by atoms with Crippen molar-refractivity contribution < 1.29 is 21.6 Å². The molecule has 31 heavy (non-hydrogen) atoms. The zero-order chi connectivity index (χ0) is 22.6. The van der Waals surface area contributed by atoms with Gasteiger partial charge in [-0.15, -0.1) is 0 Å². The molecule has 0 aromatic heterocycles. The Morgan fingerprint density at radius 3 is 1.97 bits per heavy atom. The van der Waals surface area contributed by atoms with Crippen LogP contribution in [-0.4, -0.2) is 14.5 Å². The fourth-order valence-corrected chi connectivity index (χ4v) is 4.91. The number of hydrogen-bond donors (Lipinski definition) is 0. The number of alkyl halides is 3. The van der Waals surface area contributed by atoms with Crippen LogP contribution in [0.3, 0.4) is 0 Å². The van der Waals surface area contributed by atoms with E-state index < -0.39 is 27.8 Å². The van der Waals surface area contributed by atoms with Crippen molar-refractivity contribution in [3.8, 4) is 0 Å². The third-order valence-electron chi connectivity index (χ3n) is 4.62. The second kappa shape index (κ2) is 8.98. The summed E-state index contributed by atoms with van der Waals surface area (Å²) >= 11 is 0. The standard InChI is InChI=1S/C24H22F3NO2S/c1-18(2)28(31(29,30)22-11-7-4-8-12-22)23-16-15-21(24(25,26)27)17-20(23)14-13-19-9-5-3-6-10-19/h3-18H,1-2H3/b14-13-. The second-order valence-corrected chi connectivity index (χ2v) is 9.04. The molecule has 0 aliphatic heterocycles. The van der Waals surface area contributed by atoms with Crippen molar-refractivity contribution in [3.63, 3.8) is 0 Å². The van der Waals surface area contributed by atoms with E-state index >= 15 is 0 Å². The molecular formula is C24H22F3NO2S. The molecule has 0 bridgehead atoms. The highest BCUT2D eigenvalue weighted by molar-refractivity contribution is 7.92. The minimum Gasteiger partial charge on any atom is -0.263 e. The van der Waals surface area contributed by atoms with Crippen LogP contribution in [-0.2, 0) is 16.2 Å². The van der Waals surface area contributed by atoms with E-state index in [2.05, 4.69) is 0 Å². The number of rotatable bonds is 6. The molecule has 0 fully saturated rings. The molecule has 7 heteroatoms. The van der Waals surface area contributed by atoms with Crippen molar-refractivity contribution >= 4 is 27.9 Å². The van der Waals surface area contributed by atoms with Crippen LogP contribution in [0.1, 0.15) is 30.5 Å². The molecule has 162 valence electrons. The van der Waals surface area contributed by atoms with Gasteiger partial charge in [-0.1, -0.05) is 60.7 Å². The minimum absolute atomic E-state index is 0.0709. The molecule has 0 spiro atoms. The van der Waals surface area contributed by atoms with Gasteiger partial charge in [0.05, 0.1) is 16.1 Å². The second-order valence-electron chi connectivity index (χ2n) is 7.22. The van der Waals surface area contributed by atoms with Gasteiger partial charge in [0.1, 0.15) is 0 Å². The summed E-state index contributed by atoms with van der Waals surface area (Å²) in [6, 6.07) is 19.5. The van der Waals surface area contributed by atoms with Gasteiger partial charge in [0, 0.05) is 6.04 Å². The van der Waals surface area contributed by atoms with E-state index in [0.29, 0.717) is 0 Å². The van der Waals surface area contributed by atoms with E-state index in [1.807, 2.05) is 30.3 Å². The van der Waals surface area contributed by atoms with Gasteiger partial charge in [-0.05, 0) is 55.3 Å². The average molecular weight is 446 g/mol. The van der Waals surface area contributed by atoms with Gasteiger partial charge in [0.15, 0.2) is 0 Å². The first-order valence-corrected chi connectivity index (χ1v) is 11.1. The number of anilines is 1. The SMILES string of the molecule is CC(C)N(c1ccc(C(F)(F)F)cc1/C=C\c1ccccc1)S(=O)(=O)c1ccccc1. The van der Waals surface area contributed by atoms with Crippen molar-refractivity contribution in [2.24, 2.45) is 0 Å². The van der Waals surface area contributed by atoms with Gasteiger partial charge >= 0.3 is 6.18 Å². The predicted octanol–water partition coefficient (Wildman–Crippen LogP) is 6.48. The van der Waals surface area contributed by atoms with E-state index in [0.717, 1.165) is 22.0 Å². The molecule has 0 aliphatic carbocycles. The molecule has 0 atom stereocenters. The molecule has 3 aromatic carbocycles. The Bertz CT molecular complexity index is 1160. The topological polar surface area (TPSA) is 37.4 Å². The smallest absolute Gasteiger partial charge is 0.263 e. The molecule has 3 rings (SSSR count). The summed E-state index contributed by atoms with van der Waals surface area (Å²) in [6.45, 7) is 3.37. The normalized spacial score (nSPS) is 12.5. The highest BCUT2D eigenvalue weighted by Crippen LogP contribution is 2.36. The first-order valence-electron chi connectivity index (χ1n) is 9.64. The van der Waals surface area contributed by atoms with Crippen molar-refractivity contribution in [2.75, 3.05) is 4.31 Å². The first kappa shape index (κ1) is 22.6. The van der Waals surface area contributed by atoms with Crippen molar-refractivity contribution in [3.05, 3.63) is 95.6 Å². The molecule has 0 amide bonds. The van der Waals surface area contributed by atoms with Gasteiger partial charge in [-0.3, -0.25) is 4.31 Å². The molecule has 3 nitrogen and oxygen atoms in total. The van der Waals surface area contributed by atoms with Crippen LogP contribution in [0.15, 0.2) is 83.8 Å². The van der Waals surface area contributed by atoms with E-state index in [4.69, 9.17) is 0 Å². The van der Waals surface area contributed by atoms with Crippen LogP contribution >= 0.6 is 0 Å². The Hall–Kier alpha value is -3.06. The van der Waals surface area contributed by atoms with Gasteiger partial charge in [0.2, 0.25) is 0 Å². The van der Waals surface area contributed by atoms with Crippen LogP contribution in [0, 0.1) is 0 Å². The predicted molar refractivity (Wildman–Crippen MR) is 118 cm³/mol. The van der Waals surface area contributed by atoms with Crippen molar-refractivity contribution in [2.45, 2.75) is 31.0 Å². The van der Waals surface area contributed by atoms with Crippen molar-refractivity contribution in [1.82, 2.24) is 0 Å². The number of halogens is 3.